The van der Waals surface area contributed by atoms with E-state index in [2.05, 4.69) is 5.10 Å². The molecule has 0 atom stereocenters. The Morgan fingerprint density at radius 3 is 3.00 bits per heavy atom. The second kappa shape index (κ2) is 6.27. The van der Waals surface area contributed by atoms with Gasteiger partial charge in [0.15, 0.2) is 11.5 Å². The Labute approximate surface area is 132 Å². The third kappa shape index (κ3) is 3.17. The topological polar surface area (TPSA) is 62.6 Å². The molecule has 0 saturated heterocycles. The summed E-state index contributed by atoms with van der Waals surface area (Å²) < 4.78 is 18.0. The first kappa shape index (κ1) is 14.7. The molecule has 1 aliphatic heterocycles. The standard InChI is InChI=1S/C15H15ClN2O4/c1-18-8-11(7-17-18)15(19)22-9-10-5-12(16)14-13(6-10)20-3-2-4-21-14/h5-8H,2-4,9H2,1H3. The highest BCUT2D eigenvalue weighted by Gasteiger charge is 2.17. The van der Waals surface area contributed by atoms with Gasteiger partial charge in [-0.05, 0) is 17.7 Å². The predicted molar refractivity (Wildman–Crippen MR) is 79.4 cm³/mol. The van der Waals surface area contributed by atoms with E-state index in [0.717, 1.165) is 12.0 Å². The summed E-state index contributed by atoms with van der Waals surface area (Å²) in [6, 6.07) is 3.49. The lowest BCUT2D eigenvalue weighted by atomic mass is 10.2. The average molecular weight is 323 g/mol. The van der Waals surface area contributed by atoms with Gasteiger partial charge >= 0.3 is 5.97 Å². The normalized spacial score (nSPS) is 13.5. The zero-order valence-electron chi connectivity index (χ0n) is 12.0. The average Bonchev–Trinajstić information content (AvgIpc) is 2.79. The molecular weight excluding hydrogens is 308 g/mol. The lowest BCUT2D eigenvalue weighted by Crippen LogP contribution is -2.05. The highest BCUT2D eigenvalue weighted by molar-refractivity contribution is 6.32. The summed E-state index contributed by atoms with van der Waals surface area (Å²) in [5, 5.41) is 4.38. The van der Waals surface area contributed by atoms with E-state index in [0.29, 0.717) is 35.3 Å². The Balaban J connectivity index is 1.71. The number of aromatic nitrogens is 2. The van der Waals surface area contributed by atoms with E-state index in [1.165, 1.54) is 6.20 Å². The lowest BCUT2D eigenvalue weighted by molar-refractivity contribution is 0.0472. The molecule has 2 heterocycles. The third-order valence-corrected chi connectivity index (χ3v) is 3.45. The molecule has 2 aromatic rings. The molecule has 1 aromatic heterocycles. The molecule has 3 rings (SSSR count). The predicted octanol–water partition coefficient (Wildman–Crippen LogP) is 2.59. The largest absolute Gasteiger partial charge is 0.489 e. The van der Waals surface area contributed by atoms with Crippen molar-refractivity contribution in [2.45, 2.75) is 13.0 Å². The summed E-state index contributed by atoms with van der Waals surface area (Å²) in [7, 11) is 1.74. The minimum atomic E-state index is -0.434. The van der Waals surface area contributed by atoms with Gasteiger partial charge in [-0.15, -0.1) is 0 Å². The molecule has 7 heteroatoms. The van der Waals surface area contributed by atoms with Crippen LogP contribution in [0.2, 0.25) is 5.02 Å². The fraction of sp³-hybridized carbons (Fsp3) is 0.333. The molecule has 22 heavy (non-hydrogen) atoms. The molecule has 1 aliphatic rings. The van der Waals surface area contributed by atoms with E-state index in [1.54, 1.807) is 30.1 Å². The first-order valence-electron chi connectivity index (χ1n) is 6.87. The number of nitrogens with zero attached hydrogens (tertiary/aromatic N) is 2. The van der Waals surface area contributed by atoms with Crippen LogP contribution in [-0.2, 0) is 18.4 Å². The lowest BCUT2D eigenvalue weighted by Gasteiger charge is -2.11. The zero-order valence-corrected chi connectivity index (χ0v) is 12.8. The van der Waals surface area contributed by atoms with Crippen molar-refractivity contribution in [1.29, 1.82) is 0 Å². The Morgan fingerprint density at radius 2 is 2.23 bits per heavy atom. The fourth-order valence-corrected chi connectivity index (χ4v) is 2.41. The molecule has 0 fully saturated rings. The van der Waals surface area contributed by atoms with Gasteiger partial charge in [0.2, 0.25) is 0 Å². The second-order valence-corrected chi connectivity index (χ2v) is 5.34. The monoisotopic (exact) mass is 322 g/mol. The third-order valence-electron chi connectivity index (χ3n) is 3.17. The number of rotatable bonds is 3. The van der Waals surface area contributed by atoms with Crippen molar-refractivity contribution in [2.24, 2.45) is 7.05 Å². The van der Waals surface area contributed by atoms with Gasteiger partial charge in [0, 0.05) is 19.7 Å². The summed E-state index contributed by atoms with van der Waals surface area (Å²) in [5.41, 5.74) is 1.15. The number of ether oxygens (including phenoxy) is 3. The van der Waals surface area contributed by atoms with Crippen LogP contribution in [0.15, 0.2) is 24.5 Å². The molecule has 0 radical (unpaired) electrons. The summed E-state index contributed by atoms with van der Waals surface area (Å²) in [4.78, 5) is 11.9. The van der Waals surface area contributed by atoms with Crippen molar-refractivity contribution in [3.05, 3.63) is 40.7 Å². The Hall–Kier alpha value is -2.21. The van der Waals surface area contributed by atoms with Gasteiger partial charge in [-0.2, -0.15) is 5.10 Å². The Morgan fingerprint density at radius 1 is 1.41 bits per heavy atom. The maximum atomic E-state index is 11.9. The first-order valence-corrected chi connectivity index (χ1v) is 7.25. The van der Waals surface area contributed by atoms with Crippen LogP contribution in [0, 0.1) is 0 Å². The number of esters is 1. The van der Waals surface area contributed by atoms with Crippen LogP contribution in [-0.4, -0.2) is 29.0 Å². The minimum Gasteiger partial charge on any atom is -0.489 e. The Kier molecular flexibility index (Phi) is 4.20. The van der Waals surface area contributed by atoms with Crippen molar-refractivity contribution >= 4 is 17.6 Å². The molecule has 0 amide bonds. The summed E-state index contributed by atoms with van der Waals surface area (Å²) in [6.45, 7) is 1.24. The molecular formula is C15H15ClN2O4. The van der Waals surface area contributed by atoms with E-state index in [4.69, 9.17) is 25.8 Å². The van der Waals surface area contributed by atoms with E-state index >= 15 is 0 Å². The van der Waals surface area contributed by atoms with Gasteiger partial charge in [-0.1, -0.05) is 11.6 Å². The van der Waals surface area contributed by atoms with Crippen molar-refractivity contribution in [3.63, 3.8) is 0 Å². The van der Waals surface area contributed by atoms with Gasteiger partial charge in [0.1, 0.15) is 6.61 Å². The number of halogens is 1. The van der Waals surface area contributed by atoms with Crippen LogP contribution in [0.3, 0.4) is 0 Å². The van der Waals surface area contributed by atoms with Gasteiger partial charge in [-0.25, -0.2) is 4.79 Å². The van der Waals surface area contributed by atoms with Crippen LogP contribution in [0.4, 0.5) is 0 Å². The molecule has 0 unspecified atom stereocenters. The number of benzene rings is 1. The van der Waals surface area contributed by atoms with Crippen molar-refractivity contribution in [3.8, 4) is 11.5 Å². The quantitative estimate of drug-likeness (QED) is 0.813. The van der Waals surface area contributed by atoms with Crippen LogP contribution >= 0.6 is 11.6 Å². The second-order valence-electron chi connectivity index (χ2n) is 4.93. The molecule has 0 spiro atoms. The van der Waals surface area contributed by atoms with Gasteiger partial charge in [0.05, 0.1) is 30.0 Å². The maximum Gasteiger partial charge on any atom is 0.341 e. The number of fused-ring (bicyclic) bond motifs is 1. The number of aryl methyl sites for hydroxylation is 1. The maximum absolute atomic E-state index is 11.9. The fourth-order valence-electron chi connectivity index (χ4n) is 2.13. The van der Waals surface area contributed by atoms with Crippen molar-refractivity contribution in [2.75, 3.05) is 13.2 Å². The van der Waals surface area contributed by atoms with Gasteiger partial charge in [-0.3, -0.25) is 4.68 Å². The molecule has 0 N–H and O–H groups in total. The van der Waals surface area contributed by atoms with E-state index in [9.17, 15) is 4.79 Å². The number of hydrogen-bond donors (Lipinski definition) is 0. The molecule has 116 valence electrons. The van der Waals surface area contributed by atoms with Crippen LogP contribution in [0.1, 0.15) is 22.3 Å². The summed E-state index contributed by atoms with van der Waals surface area (Å²) >= 11 is 6.20. The molecule has 0 bridgehead atoms. The first-order chi connectivity index (χ1) is 10.6. The van der Waals surface area contributed by atoms with E-state index in [-0.39, 0.29) is 6.61 Å². The van der Waals surface area contributed by atoms with Crippen molar-refractivity contribution in [1.82, 2.24) is 9.78 Å². The Bertz CT molecular complexity index is 699. The van der Waals surface area contributed by atoms with E-state index in [1.807, 2.05) is 0 Å². The molecule has 0 saturated carbocycles. The highest BCUT2D eigenvalue weighted by atomic mass is 35.5. The highest BCUT2D eigenvalue weighted by Crippen LogP contribution is 2.38. The molecule has 0 aliphatic carbocycles. The number of carbonyl (C=O) groups is 1. The smallest absolute Gasteiger partial charge is 0.341 e. The van der Waals surface area contributed by atoms with Gasteiger partial charge < -0.3 is 14.2 Å². The summed E-state index contributed by atoms with van der Waals surface area (Å²) in [5.74, 6) is 0.690. The SMILES string of the molecule is Cn1cc(C(=O)OCc2cc(Cl)c3c(c2)OCCCO3)cn1. The minimum absolute atomic E-state index is 0.101. The van der Waals surface area contributed by atoms with Gasteiger partial charge in [0.25, 0.3) is 0 Å². The van der Waals surface area contributed by atoms with Crippen LogP contribution < -0.4 is 9.47 Å². The van der Waals surface area contributed by atoms with E-state index < -0.39 is 5.97 Å². The molecule has 1 aromatic carbocycles. The summed E-state index contributed by atoms with van der Waals surface area (Å²) in [6.07, 6.45) is 3.86. The van der Waals surface area contributed by atoms with Crippen LogP contribution in [0.25, 0.3) is 0 Å². The van der Waals surface area contributed by atoms with Crippen LogP contribution in [0.5, 0.6) is 11.5 Å². The zero-order chi connectivity index (χ0) is 15.5. The molecule has 6 nitrogen and oxygen atoms in total. The number of carbonyl (C=O) groups excluding carboxylic acids is 1. The number of hydrogen-bond acceptors (Lipinski definition) is 5. The van der Waals surface area contributed by atoms with Crippen molar-refractivity contribution < 1.29 is 19.0 Å².